The Kier molecular flexibility index (Phi) is 3.44. The molecule has 1 saturated heterocycles. The van der Waals surface area contributed by atoms with Crippen LogP contribution in [0.15, 0.2) is 36.8 Å². The van der Waals surface area contributed by atoms with Crippen molar-refractivity contribution in [1.82, 2.24) is 19.4 Å². The summed E-state index contributed by atoms with van der Waals surface area (Å²) >= 11 is 0. The number of rotatable bonds is 3. The topological polar surface area (TPSA) is 36.9 Å². The molecule has 0 bridgehead atoms. The SMILES string of the molecule is c1cc(CN2CC[C@H](n3cnc4c3CCCC4)C2)c2cc[nH]c2c1. The minimum atomic E-state index is 0.602. The number of nitrogens with one attached hydrogen (secondary N) is 1. The molecule has 4 nitrogen and oxygen atoms in total. The van der Waals surface area contributed by atoms with Crippen LogP contribution in [0.3, 0.4) is 0 Å². The van der Waals surface area contributed by atoms with Gasteiger partial charge in [0, 0.05) is 48.5 Å². The summed E-state index contributed by atoms with van der Waals surface area (Å²) in [5, 5.41) is 1.36. The fourth-order valence-electron chi connectivity index (χ4n) is 4.52. The van der Waals surface area contributed by atoms with Gasteiger partial charge < -0.3 is 9.55 Å². The highest BCUT2D eigenvalue weighted by Gasteiger charge is 2.27. The van der Waals surface area contributed by atoms with E-state index in [0.29, 0.717) is 6.04 Å². The van der Waals surface area contributed by atoms with Gasteiger partial charge in [-0.2, -0.15) is 0 Å². The maximum absolute atomic E-state index is 4.68. The molecule has 24 heavy (non-hydrogen) atoms. The normalized spacial score (nSPS) is 21.4. The van der Waals surface area contributed by atoms with Gasteiger partial charge in [-0.3, -0.25) is 4.90 Å². The molecule has 4 heteroatoms. The Balaban J connectivity index is 1.34. The largest absolute Gasteiger partial charge is 0.361 e. The van der Waals surface area contributed by atoms with Crippen molar-refractivity contribution >= 4 is 10.9 Å². The fourth-order valence-corrected chi connectivity index (χ4v) is 4.52. The van der Waals surface area contributed by atoms with Crippen molar-refractivity contribution in [1.29, 1.82) is 0 Å². The van der Waals surface area contributed by atoms with Crippen LogP contribution in [0.4, 0.5) is 0 Å². The lowest BCUT2D eigenvalue weighted by molar-refractivity contribution is 0.316. The van der Waals surface area contributed by atoms with E-state index in [1.54, 1.807) is 0 Å². The van der Waals surface area contributed by atoms with Gasteiger partial charge in [-0.15, -0.1) is 0 Å². The van der Waals surface area contributed by atoms with Crippen LogP contribution in [0.25, 0.3) is 10.9 Å². The van der Waals surface area contributed by atoms with Gasteiger partial charge in [0.05, 0.1) is 12.0 Å². The van der Waals surface area contributed by atoms with Gasteiger partial charge >= 0.3 is 0 Å². The summed E-state index contributed by atoms with van der Waals surface area (Å²) in [5.41, 5.74) is 5.55. The van der Waals surface area contributed by atoms with Crippen LogP contribution in [0.2, 0.25) is 0 Å². The lowest BCUT2D eigenvalue weighted by Crippen LogP contribution is -2.22. The second-order valence-electron chi connectivity index (χ2n) is 7.29. The summed E-state index contributed by atoms with van der Waals surface area (Å²) in [5.74, 6) is 0. The number of likely N-dealkylation sites (tertiary alicyclic amines) is 1. The Hall–Kier alpha value is -2.07. The third-order valence-electron chi connectivity index (χ3n) is 5.78. The number of imidazole rings is 1. The number of benzene rings is 1. The summed E-state index contributed by atoms with van der Waals surface area (Å²) in [6, 6.07) is 9.38. The molecular formula is C20H24N4. The summed E-state index contributed by atoms with van der Waals surface area (Å²) in [4.78, 5) is 10.6. The quantitative estimate of drug-likeness (QED) is 0.799. The Morgan fingerprint density at radius 2 is 2.12 bits per heavy atom. The van der Waals surface area contributed by atoms with E-state index in [1.165, 1.54) is 66.5 Å². The van der Waals surface area contributed by atoms with E-state index in [2.05, 4.69) is 50.0 Å². The maximum Gasteiger partial charge on any atom is 0.0954 e. The first-order valence-electron chi connectivity index (χ1n) is 9.20. The van der Waals surface area contributed by atoms with E-state index in [0.717, 1.165) is 13.1 Å². The van der Waals surface area contributed by atoms with Crippen molar-refractivity contribution in [3.05, 3.63) is 53.7 Å². The Bertz CT molecular complexity index is 860. The molecule has 124 valence electrons. The number of fused-ring (bicyclic) bond motifs is 2. The zero-order valence-corrected chi connectivity index (χ0v) is 14.0. The van der Waals surface area contributed by atoms with Crippen molar-refractivity contribution < 1.29 is 0 Å². The Morgan fingerprint density at radius 3 is 3.12 bits per heavy atom. The molecule has 1 aromatic carbocycles. The molecular weight excluding hydrogens is 296 g/mol. The van der Waals surface area contributed by atoms with Crippen molar-refractivity contribution in [2.75, 3.05) is 13.1 Å². The highest BCUT2D eigenvalue weighted by molar-refractivity contribution is 5.82. The highest BCUT2D eigenvalue weighted by Crippen LogP contribution is 2.29. The van der Waals surface area contributed by atoms with Gasteiger partial charge in [0.25, 0.3) is 0 Å². The predicted molar refractivity (Wildman–Crippen MR) is 96.1 cm³/mol. The molecule has 0 saturated carbocycles. The van der Waals surface area contributed by atoms with Gasteiger partial charge in [0.1, 0.15) is 0 Å². The van der Waals surface area contributed by atoms with E-state index in [9.17, 15) is 0 Å². The highest BCUT2D eigenvalue weighted by atomic mass is 15.2. The van der Waals surface area contributed by atoms with Gasteiger partial charge in [0.2, 0.25) is 0 Å². The number of hydrogen-bond donors (Lipinski definition) is 1. The second kappa shape index (κ2) is 5.78. The van der Waals surface area contributed by atoms with Gasteiger partial charge in [-0.25, -0.2) is 4.98 Å². The second-order valence-corrected chi connectivity index (χ2v) is 7.29. The standard InChI is InChI=1S/C20H24N4/c1-2-7-20-19(5-1)22-14-24(20)16-9-11-23(13-16)12-15-4-3-6-18-17(15)8-10-21-18/h3-4,6,8,10,14,16,21H,1-2,5,7,9,11-13H2/t16-/m0/s1. The van der Waals surface area contributed by atoms with Crippen LogP contribution < -0.4 is 0 Å². The molecule has 1 aliphatic heterocycles. The predicted octanol–water partition coefficient (Wildman–Crippen LogP) is 3.69. The molecule has 3 heterocycles. The number of hydrogen-bond acceptors (Lipinski definition) is 2. The average molecular weight is 320 g/mol. The zero-order chi connectivity index (χ0) is 15.9. The summed E-state index contributed by atoms with van der Waals surface area (Å²) in [6.45, 7) is 3.37. The Labute approximate surface area is 142 Å². The monoisotopic (exact) mass is 320 g/mol. The molecule has 0 spiro atoms. The lowest BCUT2D eigenvalue weighted by Gasteiger charge is -2.20. The zero-order valence-electron chi connectivity index (χ0n) is 14.0. The number of aryl methyl sites for hydroxylation is 1. The molecule has 3 aromatic rings. The first-order valence-corrected chi connectivity index (χ1v) is 9.20. The van der Waals surface area contributed by atoms with Crippen molar-refractivity contribution in [3.8, 4) is 0 Å². The van der Waals surface area contributed by atoms with E-state index in [4.69, 9.17) is 0 Å². The van der Waals surface area contributed by atoms with E-state index in [1.807, 2.05) is 6.20 Å². The maximum atomic E-state index is 4.68. The number of aromatic amines is 1. The molecule has 0 unspecified atom stereocenters. The first-order chi connectivity index (χ1) is 11.9. The molecule has 1 aliphatic carbocycles. The molecule has 2 aromatic heterocycles. The summed E-state index contributed by atoms with van der Waals surface area (Å²) in [7, 11) is 0. The molecule has 1 fully saturated rings. The smallest absolute Gasteiger partial charge is 0.0954 e. The van der Waals surface area contributed by atoms with Crippen LogP contribution >= 0.6 is 0 Å². The lowest BCUT2D eigenvalue weighted by atomic mass is 10.0. The van der Waals surface area contributed by atoms with Crippen LogP contribution in [-0.2, 0) is 19.4 Å². The van der Waals surface area contributed by atoms with Gasteiger partial charge in [0.15, 0.2) is 0 Å². The minimum Gasteiger partial charge on any atom is -0.361 e. The van der Waals surface area contributed by atoms with Gasteiger partial charge in [-0.1, -0.05) is 12.1 Å². The molecule has 0 radical (unpaired) electrons. The first kappa shape index (κ1) is 14.3. The fraction of sp³-hybridized carbons (Fsp3) is 0.450. The van der Waals surface area contributed by atoms with E-state index in [-0.39, 0.29) is 0 Å². The molecule has 2 aliphatic rings. The summed E-state index contributed by atoms with van der Waals surface area (Å²) in [6.07, 6.45) is 10.4. The van der Waals surface area contributed by atoms with Crippen molar-refractivity contribution in [3.63, 3.8) is 0 Å². The average Bonchev–Trinajstić information content (AvgIpc) is 3.34. The number of nitrogens with zero attached hydrogens (tertiary/aromatic N) is 3. The third-order valence-corrected chi connectivity index (χ3v) is 5.78. The van der Waals surface area contributed by atoms with Crippen LogP contribution in [0.5, 0.6) is 0 Å². The van der Waals surface area contributed by atoms with E-state index < -0.39 is 0 Å². The summed E-state index contributed by atoms with van der Waals surface area (Å²) < 4.78 is 2.49. The Morgan fingerprint density at radius 1 is 1.17 bits per heavy atom. The van der Waals surface area contributed by atoms with Crippen LogP contribution in [0, 0.1) is 0 Å². The van der Waals surface area contributed by atoms with Crippen LogP contribution in [0.1, 0.15) is 42.3 Å². The molecule has 5 rings (SSSR count). The minimum absolute atomic E-state index is 0.602. The van der Waals surface area contributed by atoms with Crippen molar-refractivity contribution in [2.24, 2.45) is 0 Å². The molecule has 1 atom stereocenters. The molecule has 1 N–H and O–H groups in total. The number of H-pyrrole nitrogens is 1. The molecule has 0 amide bonds. The van der Waals surface area contributed by atoms with Crippen molar-refractivity contribution in [2.45, 2.75) is 44.7 Å². The van der Waals surface area contributed by atoms with E-state index >= 15 is 0 Å². The number of aromatic nitrogens is 3. The van der Waals surface area contributed by atoms with Gasteiger partial charge in [-0.05, 0) is 49.8 Å². The third kappa shape index (κ3) is 2.37. The van der Waals surface area contributed by atoms with Crippen LogP contribution in [-0.4, -0.2) is 32.5 Å².